The van der Waals surface area contributed by atoms with Crippen LogP contribution in [0.1, 0.15) is 12.8 Å². The Kier molecular flexibility index (Phi) is 8.05. The first-order valence-electron chi connectivity index (χ1n) is 11.8. The zero-order valence-electron chi connectivity index (χ0n) is 21.2. The fourth-order valence-corrected chi connectivity index (χ4v) is 4.92. The number of anilines is 6. The van der Waals surface area contributed by atoms with Gasteiger partial charge in [0.15, 0.2) is 5.82 Å². The third kappa shape index (κ3) is 6.41. The summed E-state index contributed by atoms with van der Waals surface area (Å²) in [5, 5.41) is 6.34. The van der Waals surface area contributed by atoms with Crippen LogP contribution in [0.2, 0.25) is 5.02 Å². The van der Waals surface area contributed by atoms with E-state index in [4.69, 9.17) is 11.6 Å². The van der Waals surface area contributed by atoms with Crippen molar-refractivity contribution in [1.82, 2.24) is 14.9 Å². The highest BCUT2D eigenvalue weighted by Gasteiger charge is 2.23. The van der Waals surface area contributed by atoms with E-state index < -0.39 is 10.0 Å². The van der Waals surface area contributed by atoms with Crippen molar-refractivity contribution < 1.29 is 12.8 Å². The van der Waals surface area contributed by atoms with Crippen LogP contribution in [0.4, 0.5) is 38.9 Å². The Hall–Kier alpha value is -3.15. The van der Waals surface area contributed by atoms with E-state index in [-0.39, 0.29) is 22.6 Å². The Bertz CT molecular complexity index is 1360. The summed E-state index contributed by atoms with van der Waals surface area (Å²) < 4.78 is 40.3. The fourth-order valence-electron chi connectivity index (χ4n) is 4.27. The van der Waals surface area contributed by atoms with Gasteiger partial charge in [0.1, 0.15) is 10.8 Å². The minimum atomic E-state index is -3.48. The van der Waals surface area contributed by atoms with Crippen molar-refractivity contribution in [3.63, 3.8) is 0 Å². The normalized spacial score (nSPS) is 14.6. The molecule has 1 aliphatic rings. The molecule has 4 rings (SSSR count). The number of halogens is 2. The van der Waals surface area contributed by atoms with Gasteiger partial charge in [-0.2, -0.15) is 4.98 Å². The summed E-state index contributed by atoms with van der Waals surface area (Å²) in [6.07, 6.45) is 4.52. The largest absolute Gasteiger partial charge is 0.369 e. The molecule has 37 heavy (non-hydrogen) atoms. The van der Waals surface area contributed by atoms with Gasteiger partial charge < -0.3 is 20.4 Å². The second-order valence-electron chi connectivity index (χ2n) is 9.24. The van der Waals surface area contributed by atoms with Gasteiger partial charge in [0.2, 0.25) is 16.0 Å². The van der Waals surface area contributed by atoms with Gasteiger partial charge in [-0.05, 0) is 57.3 Å². The first kappa shape index (κ1) is 26.9. The van der Waals surface area contributed by atoms with Crippen LogP contribution < -0.4 is 19.8 Å². The molecule has 0 radical (unpaired) electrons. The van der Waals surface area contributed by atoms with Crippen LogP contribution in [-0.2, 0) is 10.0 Å². The second-order valence-corrected chi connectivity index (χ2v) is 11.7. The van der Waals surface area contributed by atoms with Crippen LogP contribution in [0.5, 0.6) is 0 Å². The van der Waals surface area contributed by atoms with Gasteiger partial charge in [-0.3, -0.25) is 4.31 Å². The van der Waals surface area contributed by atoms with Gasteiger partial charge in [0.25, 0.3) is 0 Å². The zero-order chi connectivity index (χ0) is 26.7. The highest BCUT2D eigenvalue weighted by Crippen LogP contribution is 2.32. The van der Waals surface area contributed by atoms with E-state index >= 15 is 4.39 Å². The third-order valence-corrected chi connectivity index (χ3v) is 7.95. The van der Waals surface area contributed by atoms with Crippen molar-refractivity contribution >= 4 is 56.1 Å². The van der Waals surface area contributed by atoms with E-state index in [9.17, 15) is 8.42 Å². The van der Waals surface area contributed by atoms with Crippen molar-refractivity contribution in [2.75, 3.05) is 60.3 Å². The topological polar surface area (TPSA) is 93.7 Å². The molecule has 0 aliphatic carbocycles. The summed E-state index contributed by atoms with van der Waals surface area (Å²) in [7, 11) is 2.14. The molecular formula is C25H31ClFN7O2S. The number of hydrogen-bond acceptors (Lipinski definition) is 8. The van der Waals surface area contributed by atoms with Crippen molar-refractivity contribution in [2.45, 2.75) is 18.9 Å². The number of aromatic nitrogens is 2. The lowest BCUT2D eigenvalue weighted by atomic mass is 10.0. The summed E-state index contributed by atoms with van der Waals surface area (Å²) in [6.45, 7) is 1.61. The summed E-state index contributed by atoms with van der Waals surface area (Å²) in [6, 6.07) is 12.4. The lowest BCUT2D eigenvalue weighted by Gasteiger charge is -2.36. The van der Waals surface area contributed by atoms with E-state index in [1.54, 1.807) is 36.4 Å². The number of piperidine rings is 1. The molecule has 0 atom stereocenters. The molecule has 198 valence electrons. The molecule has 0 spiro atoms. The van der Waals surface area contributed by atoms with E-state index in [0.717, 1.165) is 36.5 Å². The molecule has 0 bridgehead atoms. The molecule has 3 aromatic rings. The Labute approximate surface area is 222 Å². The summed E-state index contributed by atoms with van der Waals surface area (Å²) in [5.74, 6) is 0.160. The molecule has 1 fully saturated rings. The van der Waals surface area contributed by atoms with Gasteiger partial charge in [-0.25, -0.2) is 17.8 Å². The van der Waals surface area contributed by atoms with Crippen molar-refractivity contribution in [1.29, 1.82) is 0 Å². The van der Waals surface area contributed by atoms with Crippen molar-refractivity contribution in [2.24, 2.45) is 0 Å². The van der Waals surface area contributed by atoms with Gasteiger partial charge in [-0.15, -0.1) is 0 Å². The zero-order valence-corrected chi connectivity index (χ0v) is 22.8. The number of nitrogens with zero attached hydrogens (tertiary/aromatic N) is 5. The molecule has 0 unspecified atom stereocenters. The standard InChI is InChI=1S/C25H31ClFN7O2S/c1-32(2)18-11-13-34(14-12-18)22-10-9-17(15-20(22)27)29-25-28-16-19(26)24(31-25)30-21-7-5-6-8-23(21)33(3)37(4,35)36/h5-10,15-16,18H,11-14H2,1-4H3,(H2,28,29,30,31). The van der Waals surface area contributed by atoms with E-state index in [2.05, 4.69) is 44.5 Å². The predicted molar refractivity (Wildman–Crippen MR) is 149 cm³/mol. The minimum absolute atomic E-state index is 0.208. The number of nitrogens with one attached hydrogen (secondary N) is 2. The first-order chi connectivity index (χ1) is 17.5. The van der Waals surface area contributed by atoms with E-state index in [0.29, 0.717) is 28.8 Å². The van der Waals surface area contributed by atoms with Crippen LogP contribution in [0.3, 0.4) is 0 Å². The molecule has 2 N–H and O–H groups in total. The SMILES string of the molecule is CN(C)C1CCN(c2ccc(Nc3ncc(Cl)c(Nc4ccccc4N(C)S(C)(=O)=O)n3)cc2F)CC1. The molecule has 2 heterocycles. The van der Waals surface area contributed by atoms with Crippen molar-refractivity contribution in [3.05, 3.63) is 59.5 Å². The lowest BCUT2D eigenvalue weighted by Crippen LogP contribution is -2.42. The first-order valence-corrected chi connectivity index (χ1v) is 14.1. The van der Waals surface area contributed by atoms with Gasteiger partial charge in [-0.1, -0.05) is 23.7 Å². The predicted octanol–water partition coefficient (Wildman–Crippen LogP) is 4.68. The Morgan fingerprint density at radius 2 is 1.78 bits per heavy atom. The van der Waals surface area contributed by atoms with Crippen LogP contribution in [0.15, 0.2) is 48.7 Å². The second kappa shape index (κ2) is 11.1. The van der Waals surface area contributed by atoms with Crippen molar-refractivity contribution in [3.8, 4) is 0 Å². The summed E-state index contributed by atoms with van der Waals surface area (Å²) >= 11 is 6.32. The van der Waals surface area contributed by atoms with Crippen LogP contribution in [-0.4, -0.2) is 69.8 Å². The molecule has 1 aromatic heterocycles. The Balaban J connectivity index is 1.50. The molecule has 9 nitrogen and oxygen atoms in total. The molecule has 12 heteroatoms. The number of hydrogen-bond donors (Lipinski definition) is 2. The molecular weight excluding hydrogens is 517 g/mol. The third-order valence-electron chi connectivity index (χ3n) is 6.48. The maximum Gasteiger partial charge on any atom is 0.232 e. The fraction of sp³-hybridized carbons (Fsp3) is 0.360. The number of sulfonamides is 1. The molecule has 0 amide bonds. The minimum Gasteiger partial charge on any atom is -0.369 e. The molecule has 0 saturated carbocycles. The summed E-state index contributed by atoms with van der Waals surface area (Å²) in [4.78, 5) is 12.9. The van der Waals surface area contributed by atoms with Crippen LogP contribution in [0, 0.1) is 5.82 Å². The maximum atomic E-state index is 15.0. The average Bonchev–Trinajstić information content (AvgIpc) is 2.85. The Morgan fingerprint density at radius 1 is 1.08 bits per heavy atom. The highest BCUT2D eigenvalue weighted by atomic mass is 35.5. The number of para-hydroxylation sites is 2. The summed E-state index contributed by atoms with van der Waals surface area (Å²) in [5.41, 5.74) is 2.00. The average molecular weight is 548 g/mol. The van der Waals surface area contributed by atoms with Gasteiger partial charge in [0.05, 0.1) is 29.5 Å². The molecule has 1 aliphatic heterocycles. The van der Waals surface area contributed by atoms with Gasteiger partial charge in [0, 0.05) is 31.9 Å². The number of benzene rings is 2. The van der Waals surface area contributed by atoms with E-state index in [1.807, 2.05) is 0 Å². The quantitative estimate of drug-likeness (QED) is 0.420. The molecule has 1 saturated heterocycles. The lowest BCUT2D eigenvalue weighted by molar-refractivity contribution is 0.249. The molecule has 2 aromatic carbocycles. The maximum absolute atomic E-state index is 15.0. The highest BCUT2D eigenvalue weighted by molar-refractivity contribution is 7.92. The monoisotopic (exact) mass is 547 g/mol. The van der Waals surface area contributed by atoms with Gasteiger partial charge >= 0.3 is 0 Å². The number of rotatable bonds is 8. The Morgan fingerprint density at radius 3 is 2.43 bits per heavy atom. The smallest absolute Gasteiger partial charge is 0.232 e. The van der Waals surface area contributed by atoms with Crippen LogP contribution >= 0.6 is 11.6 Å². The van der Waals surface area contributed by atoms with Crippen LogP contribution in [0.25, 0.3) is 0 Å². The van der Waals surface area contributed by atoms with E-state index in [1.165, 1.54) is 19.3 Å².